The normalized spacial score (nSPS) is 28.3. The Bertz CT molecular complexity index is 1280. The zero-order valence-electron chi connectivity index (χ0n) is 21.6. The third-order valence-corrected chi connectivity index (χ3v) is 11.7. The van der Waals surface area contributed by atoms with Gasteiger partial charge in [0.2, 0.25) is 0 Å². The number of methoxy groups -OCH3 is 1. The van der Waals surface area contributed by atoms with Crippen molar-refractivity contribution in [3.05, 3.63) is 47.5 Å². The molecule has 5 aliphatic carbocycles. The third kappa shape index (κ3) is 3.85. The van der Waals surface area contributed by atoms with Gasteiger partial charge in [-0.1, -0.05) is 11.9 Å². The largest absolute Gasteiger partial charge is 0.495 e. The second kappa shape index (κ2) is 8.48. The minimum absolute atomic E-state index is 0.0127. The number of carbonyl (C=O) groups is 1. The lowest BCUT2D eigenvalue weighted by Gasteiger charge is -2.61. The van der Waals surface area contributed by atoms with Gasteiger partial charge in [-0.15, -0.1) is 0 Å². The fraction of sp³-hybridized carbons (Fsp3) is 0.552. The van der Waals surface area contributed by atoms with Gasteiger partial charge in [-0.05, 0) is 111 Å². The standard InChI is InChI=1S/C29H35N3O3S2/c1-35-24-6-3-20(13-25(24)37(34)31-29-15-19(16-29)17-29)26(33)32-18-28(11-9-27(7-8-27)10-12-28)22-14-21(30-36-2)4-5-23(22)32/h3-6,13-14,19,30-31H,7-12,15-18H2,1-2H3. The Hall–Kier alpha value is -2.03. The number of benzene rings is 2. The molecule has 2 aromatic carbocycles. The predicted octanol–water partition coefficient (Wildman–Crippen LogP) is 5.80. The number of hydrogen-bond acceptors (Lipinski definition) is 5. The number of carbonyl (C=O) groups excluding carboxylic acids is 1. The molecule has 1 heterocycles. The summed E-state index contributed by atoms with van der Waals surface area (Å²) in [6, 6.07) is 11.8. The van der Waals surface area contributed by atoms with E-state index in [1.54, 1.807) is 31.2 Å². The number of rotatable bonds is 7. The molecule has 0 aromatic heterocycles. The van der Waals surface area contributed by atoms with Crippen molar-refractivity contribution < 1.29 is 13.7 Å². The van der Waals surface area contributed by atoms with E-state index < -0.39 is 11.0 Å². The van der Waals surface area contributed by atoms with Crippen LogP contribution in [0.2, 0.25) is 0 Å². The van der Waals surface area contributed by atoms with Gasteiger partial charge in [0.05, 0.1) is 12.0 Å². The fourth-order valence-electron chi connectivity index (χ4n) is 7.36. The SMILES string of the molecule is COc1ccc(C(=O)N2CC3(CCC4(CC4)CC3)c3cc(NSC)ccc32)cc1S(=O)NC12CC(C1)C2. The summed E-state index contributed by atoms with van der Waals surface area (Å²) in [5.41, 5.74) is 4.59. The molecule has 0 radical (unpaired) electrons. The van der Waals surface area contributed by atoms with Crippen molar-refractivity contribution in [3.63, 3.8) is 0 Å². The number of anilines is 2. The lowest BCUT2D eigenvalue weighted by Crippen LogP contribution is -2.67. The minimum Gasteiger partial charge on any atom is -0.495 e. The molecule has 5 fully saturated rings. The van der Waals surface area contributed by atoms with Crippen molar-refractivity contribution in [2.45, 2.75) is 73.6 Å². The number of nitrogens with zero attached hydrogens (tertiary/aromatic N) is 1. The van der Waals surface area contributed by atoms with Crippen molar-refractivity contribution in [2.75, 3.05) is 29.5 Å². The van der Waals surface area contributed by atoms with E-state index in [1.807, 2.05) is 17.2 Å². The molecule has 2 spiro atoms. The van der Waals surface area contributed by atoms with E-state index in [-0.39, 0.29) is 16.9 Å². The molecule has 2 N–H and O–H groups in total. The summed E-state index contributed by atoms with van der Waals surface area (Å²) in [5, 5.41) is 0. The first-order valence-electron chi connectivity index (χ1n) is 13.5. The van der Waals surface area contributed by atoms with E-state index in [0.29, 0.717) is 28.2 Å². The van der Waals surface area contributed by atoms with E-state index >= 15 is 0 Å². The van der Waals surface area contributed by atoms with Gasteiger partial charge in [-0.3, -0.25) is 4.79 Å². The zero-order chi connectivity index (χ0) is 25.4. The van der Waals surface area contributed by atoms with Gasteiger partial charge in [0.15, 0.2) is 0 Å². The Labute approximate surface area is 226 Å². The molecule has 5 saturated carbocycles. The Morgan fingerprint density at radius 1 is 1.05 bits per heavy atom. The summed E-state index contributed by atoms with van der Waals surface area (Å²) < 4.78 is 25.6. The summed E-state index contributed by atoms with van der Waals surface area (Å²) in [4.78, 5) is 16.6. The second-order valence-corrected chi connectivity index (χ2v) is 14.0. The van der Waals surface area contributed by atoms with Crippen LogP contribution in [0.4, 0.5) is 11.4 Å². The third-order valence-electron chi connectivity index (χ3n) is 9.97. The Morgan fingerprint density at radius 3 is 2.41 bits per heavy atom. The molecule has 6 nitrogen and oxygen atoms in total. The molecule has 1 amide bonds. The smallest absolute Gasteiger partial charge is 0.258 e. The molecular weight excluding hydrogens is 502 g/mol. The van der Waals surface area contributed by atoms with Crippen LogP contribution in [-0.4, -0.2) is 35.6 Å². The molecule has 2 aromatic rings. The van der Waals surface area contributed by atoms with Crippen LogP contribution >= 0.6 is 11.9 Å². The minimum atomic E-state index is -1.42. The van der Waals surface area contributed by atoms with E-state index in [9.17, 15) is 9.00 Å². The topological polar surface area (TPSA) is 70.7 Å². The van der Waals surface area contributed by atoms with E-state index in [0.717, 1.165) is 49.4 Å². The summed E-state index contributed by atoms with van der Waals surface area (Å²) in [7, 11) is 0.169. The summed E-state index contributed by atoms with van der Waals surface area (Å²) in [6.07, 6.45) is 12.9. The lowest BCUT2D eigenvalue weighted by atomic mass is 9.50. The van der Waals surface area contributed by atoms with Gasteiger partial charge in [0, 0.05) is 40.7 Å². The van der Waals surface area contributed by atoms with Crippen molar-refractivity contribution in [3.8, 4) is 5.75 Å². The van der Waals surface area contributed by atoms with Gasteiger partial charge in [-0.2, -0.15) is 0 Å². The molecule has 196 valence electrons. The van der Waals surface area contributed by atoms with Crippen molar-refractivity contribution >= 4 is 40.2 Å². The predicted molar refractivity (Wildman–Crippen MR) is 150 cm³/mol. The molecule has 0 saturated heterocycles. The second-order valence-electron chi connectivity index (χ2n) is 12.2. The Morgan fingerprint density at radius 2 is 1.78 bits per heavy atom. The van der Waals surface area contributed by atoms with E-state index in [1.165, 1.54) is 31.2 Å². The first-order valence-corrected chi connectivity index (χ1v) is 15.9. The Balaban J connectivity index is 1.20. The van der Waals surface area contributed by atoms with Crippen LogP contribution in [0.1, 0.15) is 73.7 Å². The zero-order valence-corrected chi connectivity index (χ0v) is 23.2. The number of fused-ring (bicyclic) bond motifs is 2. The maximum Gasteiger partial charge on any atom is 0.258 e. The van der Waals surface area contributed by atoms with Gasteiger partial charge >= 0.3 is 0 Å². The maximum absolute atomic E-state index is 14.1. The van der Waals surface area contributed by atoms with Crippen molar-refractivity contribution in [1.29, 1.82) is 0 Å². The van der Waals surface area contributed by atoms with Gasteiger partial charge in [-0.25, -0.2) is 8.93 Å². The maximum atomic E-state index is 14.1. The molecule has 1 aliphatic heterocycles. The first kappa shape index (κ1) is 24.0. The first-order chi connectivity index (χ1) is 17.9. The fourth-order valence-corrected chi connectivity index (χ4v) is 9.04. The van der Waals surface area contributed by atoms with Crippen LogP contribution in [0.5, 0.6) is 5.75 Å². The highest BCUT2D eigenvalue weighted by molar-refractivity contribution is 7.99. The van der Waals surface area contributed by atoms with Gasteiger partial charge in [0.1, 0.15) is 16.7 Å². The average Bonchev–Trinajstić information content (AvgIpc) is 3.56. The number of ether oxygens (including phenoxy) is 1. The molecule has 8 heteroatoms. The summed E-state index contributed by atoms with van der Waals surface area (Å²) in [6.45, 7) is 0.715. The summed E-state index contributed by atoms with van der Waals surface area (Å²) >= 11 is 1.59. The van der Waals surface area contributed by atoms with Crippen molar-refractivity contribution in [2.24, 2.45) is 11.3 Å². The van der Waals surface area contributed by atoms with Gasteiger partial charge < -0.3 is 14.4 Å². The monoisotopic (exact) mass is 537 g/mol. The lowest BCUT2D eigenvalue weighted by molar-refractivity contribution is -0.0307. The van der Waals surface area contributed by atoms with Crippen LogP contribution in [-0.2, 0) is 16.4 Å². The van der Waals surface area contributed by atoms with Crippen LogP contribution in [0.15, 0.2) is 41.3 Å². The van der Waals surface area contributed by atoms with E-state index in [4.69, 9.17) is 4.74 Å². The molecule has 1 atom stereocenters. The molecular formula is C29H35N3O3S2. The molecule has 8 rings (SSSR count). The number of amides is 1. The summed E-state index contributed by atoms with van der Waals surface area (Å²) in [5.74, 6) is 1.33. The average molecular weight is 538 g/mol. The molecule has 1 unspecified atom stereocenters. The molecule has 6 aliphatic rings. The van der Waals surface area contributed by atoms with Crippen molar-refractivity contribution in [1.82, 2.24) is 4.72 Å². The van der Waals surface area contributed by atoms with Crippen LogP contribution in [0.25, 0.3) is 0 Å². The highest BCUT2D eigenvalue weighted by Gasteiger charge is 2.57. The Kier molecular flexibility index (Phi) is 5.51. The highest BCUT2D eigenvalue weighted by Crippen LogP contribution is 2.62. The molecule has 2 bridgehead atoms. The number of nitrogens with one attached hydrogen (secondary N) is 2. The van der Waals surface area contributed by atoms with Gasteiger partial charge in [0.25, 0.3) is 5.91 Å². The van der Waals surface area contributed by atoms with E-state index in [2.05, 4.69) is 27.6 Å². The van der Waals surface area contributed by atoms with Crippen LogP contribution in [0.3, 0.4) is 0 Å². The van der Waals surface area contributed by atoms with Crippen LogP contribution in [0, 0.1) is 11.3 Å². The number of hydrogen-bond donors (Lipinski definition) is 2. The quantitative estimate of drug-likeness (QED) is 0.437. The van der Waals surface area contributed by atoms with Crippen LogP contribution < -0.4 is 19.1 Å². The highest BCUT2D eigenvalue weighted by atomic mass is 32.2. The molecule has 37 heavy (non-hydrogen) atoms.